The highest BCUT2D eigenvalue weighted by molar-refractivity contribution is 7.89. The zero-order valence-electron chi connectivity index (χ0n) is 11.2. The number of primary sulfonamides is 1. The van der Waals surface area contributed by atoms with Gasteiger partial charge in [0, 0.05) is 18.3 Å². The summed E-state index contributed by atoms with van der Waals surface area (Å²) in [5.74, 6) is 0. The van der Waals surface area contributed by atoms with Crippen LogP contribution in [0.25, 0.3) is 0 Å². The molecule has 0 heterocycles. The quantitative estimate of drug-likeness (QED) is 0.823. The second-order valence-electron chi connectivity index (χ2n) is 5.00. The first kappa shape index (κ1) is 14.1. The van der Waals surface area contributed by atoms with Gasteiger partial charge < -0.3 is 10.6 Å². The summed E-state index contributed by atoms with van der Waals surface area (Å²) in [6, 6.07) is 5.33. The molecule has 0 spiro atoms. The number of sulfonamides is 1. The fourth-order valence-corrected chi connectivity index (χ4v) is 3.61. The van der Waals surface area contributed by atoms with E-state index in [0.29, 0.717) is 17.4 Å². The molecule has 5 nitrogen and oxygen atoms in total. The maximum atomic E-state index is 11.7. The molecule has 1 fully saturated rings. The Morgan fingerprint density at radius 2 is 1.95 bits per heavy atom. The van der Waals surface area contributed by atoms with Crippen LogP contribution in [0.3, 0.4) is 0 Å². The molecule has 0 aliphatic heterocycles. The normalized spacial score (nSPS) is 16.7. The molecule has 106 valence electrons. The van der Waals surface area contributed by atoms with Gasteiger partial charge in [-0.15, -0.1) is 0 Å². The Balaban J connectivity index is 2.47. The van der Waals surface area contributed by atoms with Gasteiger partial charge in [0.05, 0.1) is 5.69 Å². The van der Waals surface area contributed by atoms with Crippen molar-refractivity contribution in [3.63, 3.8) is 0 Å². The van der Waals surface area contributed by atoms with Crippen molar-refractivity contribution >= 4 is 21.4 Å². The van der Waals surface area contributed by atoms with Crippen LogP contribution in [-0.4, -0.2) is 21.0 Å². The third-order valence-corrected chi connectivity index (χ3v) is 4.65. The zero-order chi connectivity index (χ0) is 14.0. The number of nitrogens with two attached hydrogens (primary N) is 2. The predicted octanol–water partition coefficient (Wildman–Crippen LogP) is 1.69. The summed E-state index contributed by atoms with van der Waals surface area (Å²) in [6.07, 6.45) is 4.59. The number of nitrogen functional groups attached to an aromatic ring is 1. The molecule has 0 unspecified atom stereocenters. The van der Waals surface area contributed by atoms with Crippen molar-refractivity contribution in [2.45, 2.75) is 43.5 Å². The summed E-state index contributed by atoms with van der Waals surface area (Å²) in [5.41, 5.74) is 6.77. The van der Waals surface area contributed by atoms with E-state index in [0.717, 1.165) is 19.4 Å². The van der Waals surface area contributed by atoms with E-state index in [1.807, 2.05) is 6.92 Å². The Morgan fingerprint density at radius 3 is 2.47 bits per heavy atom. The molecular weight excluding hydrogens is 262 g/mol. The molecule has 1 aliphatic carbocycles. The summed E-state index contributed by atoms with van der Waals surface area (Å²) in [6.45, 7) is 2.79. The number of nitrogens with zero attached hydrogens (tertiary/aromatic N) is 1. The molecule has 0 atom stereocenters. The van der Waals surface area contributed by atoms with Gasteiger partial charge in [-0.1, -0.05) is 12.8 Å². The van der Waals surface area contributed by atoms with Crippen LogP contribution in [0.15, 0.2) is 23.1 Å². The molecule has 2 rings (SSSR count). The molecule has 0 amide bonds. The molecular formula is C13H21N3O2S. The van der Waals surface area contributed by atoms with Gasteiger partial charge in [-0.2, -0.15) is 0 Å². The molecule has 6 heteroatoms. The Kier molecular flexibility index (Phi) is 4.01. The lowest BCUT2D eigenvalue weighted by Crippen LogP contribution is -2.34. The second kappa shape index (κ2) is 5.38. The maximum Gasteiger partial charge on any atom is 0.240 e. The van der Waals surface area contributed by atoms with Gasteiger partial charge in [-0.3, -0.25) is 0 Å². The van der Waals surface area contributed by atoms with Crippen molar-refractivity contribution in [1.29, 1.82) is 0 Å². The van der Waals surface area contributed by atoms with Gasteiger partial charge in [-0.25, -0.2) is 13.6 Å². The summed E-state index contributed by atoms with van der Waals surface area (Å²) < 4.78 is 23.5. The van der Waals surface area contributed by atoms with Gasteiger partial charge in [0.2, 0.25) is 10.0 Å². The first-order valence-corrected chi connectivity index (χ1v) is 8.17. The first-order chi connectivity index (χ1) is 8.93. The van der Waals surface area contributed by atoms with Crippen LogP contribution in [-0.2, 0) is 10.0 Å². The van der Waals surface area contributed by atoms with Crippen LogP contribution in [0, 0.1) is 0 Å². The average Bonchev–Trinajstić information content (AvgIpc) is 2.84. The van der Waals surface area contributed by atoms with E-state index in [1.54, 1.807) is 12.1 Å². The fourth-order valence-electron chi connectivity index (χ4n) is 2.84. The topological polar surface area (TPSA) is 89.4 Å². The molecule has 1 saturated carbocycles. The van der Waals surface area contributed by atoms with E-state index in [1.165, 1.54) is 18.9 Å². The van der Waals surface area contributed by atoms with E-state index in [2.05, 4.69) is 4.90 Å². The molecule has 1 aromatic carbocycles. The minimum absolute atomic E-state index is 0.126. The largest absolute Gasteiger partial charge is 0.399 e. The van der Waals surface area contributed by atoms with Gasteiger partial charge in [0.15, 0.2) is 0 Å². The highest BCUT2D eigenvalue weighted by Crippen LogP contribution is 2.32. The van der Waals surface area contributed by atoms with Crippen molar-refractivity contribution in [2.75, 3.05) is 17.2 Å². The van der Waals surface area contributed by atoms with Crippen molar-refractivity contribution in [3.05, 3.63) is 18.2 Å². The molecule has 19 heavy (non-hydrogen) atoms. The molecule has 1 aromatic rings. The molecule has 0 saturated heterocycles. The van der Waals surface area contributed by atoms with Crippen LogP contribution in [0.4, 0.5) is 11.4 Å². The summed E-state index contributed by atoms with van der Waals surface area (Å²) in [5, 5.41) is 5.31. The van der Waals surface area contributed by atoms with Crippen molar-refractivity contribution in [1.82, 2.24) is 0 Å². The molecule has 0 bridgehead atoms. The van der Waals surface area contributed by atoms with E-state index >= 15 is 0 Å². The lowest BCUT2D eigenvalue weighted by Gasteiger charge is -2.31. The van der Waals surface area contributed by atoms with Gasteiger partial charge >= 0.3 is 0 Å². The van der Waals surface area contributed by atoms with Gasteiger partial charge in [-0.05, 0) is 38.0 Å². The number of benzene rings is 1. The Labute approximate surface area is 114 Å². The van der Waals surface area contributed by atoms with Crippen LogP contribution >= 0.6 is 0 Å². The van der Waals surface area contributed by atoms with E-state index in [9.17, 15) is 8.42 Å². The van der Waals surface area contributed by atoms with Crippen LogP contribution in [0.2, 0.25) is 0 Å². The second-order valence-corrected chi connectivity index (χ2v) is 6.53. The summed E-state index contributed by atoms with van der Waals surface area (Å²) in [7, 11) is -3.76. The number of hydrogen-bond donors (Lipinski definition) is 2. The van der Waals surface area contributed by atoms with Crippen molar-refractivity contribution in [3.8, 4) is 0 Å². The maximum absolute atomic E-state index is 11.7. The predicted molar refractivity (Wildman–Crippen MR) is 77.5 cm³/mol. The highest BCUT2D eigenvalue weighted by Gasteiger charge is 2.26. The third-order valence-electron chi connectivity index (χ3n) is 3.71. The Hall–Kier alpha value is -1.27. The third kappa shape index (κ3) is 3.01. The first-order valence-electron chi connectivity index (χ1n) is 6.62. The smallest absolute Gasteiger partial charge is 0.240 e. The van der Waals surface area contributed by atoms with Crippen molar-refractivity contribution < 1.29 is 8.42 Å². The average molecular weight is 283 g/mol. The minimum Gasteiger partial charge on any atom is -0.399 e. The van der Waals surface area contributed by atoms with Gasteiger partial charge in [0.25, 0.3) is 0 Å². The highest BCUT2D eigenvalue weighted by atomic mass is 32.2. The van der Waals surface area contributed by atoms with E-state index in [4.69, 9.17) is 10.9 Å². The summed E-state index contributed by atoms with van der Waals surface area (Å²) >= 11 is 0. The molecule has 1 aliphatic rings. The van der Waals surface area contributed by atoms with Crippen LogP contribution in [0.5, 0.6) is 0 Å². The van der Waals surface area contributed by atoms with Crippen molar-refractivity contribution in [2.24, 2.45) is 5.14 Å². The van der Waals surface area contributed by atoms with Crippen LogP contribution in [0.1, 0.15) is 32.6 Å². The van der Waals surface area contributed by atoms with Crippen LogP contribution < -0.4 is 15.8 Å². The Bertz CT molecular complexity index is 551. The number of rotatable bonds is 4. The standard InChI is InChI=1S/C13H21N3O2S/c1-2-16(11-5-3-4-6-11)12-8-7-10(14)9-13(12)19(15,17)18/h7-9,11H,2-6,14H2,1H3,(H2,15,17,18). The Morgan fingerprint density at radius 1 is 1.32 bits per heavy atom. The monoisotopic (exact) mass is 283 g/mol. The fraction of sp³-hybridized carbons (Fsp3) is 0.538. The molecule has 4 N–H and O–H groups in total. The molecule has 0 aromatic heterocycles. The molecule has 0 radical (unpaired) electrons. The summed E-state index contributed by atoms with van der Waals surface area (Å²) in [4.78, 5) is 2.26. The SMILES string of the molecule is CCN(c1ccc(N)cc1S(N)(=O)=O)C1CCCC1. The number of hydrogen-bond acceptors (Lipinski definition) is 4. The minimum atomic E-state index is -3.76. The lowest BCUT2D eigenvalue weighted by atomic mass is 10.1. The van der Waals surface area contributed by atoms with Gasteiger partial charge in [0.1, 0.15) is 4.90 Å². The number of anilines is 2. The lowest BCUT2D eigenvalue weighted by molar-refractivity contribution is 0.591. The zero-order valence-corrected chi connectivity index (χ0v) is 12.0. The van der Waals surface area contributed by atoms with E-state index < -0.39 is 10.0 Å². The van der Waals surface area contributed by atoms with E-state index in [-0.39, 0.29) is 4.90 Å².